The van der Waals surface area contributed by atoms with Crippen LogP contribution in [-0.4, -0.2) is 12.3 Å². The molecule has 0 aliphatic carbocycles. The van der Waals surface area contributed by atoms with Gasteiger partial charge < -0.3 is 10.5 Å². The molecule has 0 bridgehead atoms. The second-order valence-electron chi connectivity index (χ2n) is 4.88. The molecule has 4 heteroatoms. The molecule has 0 saturated heterocycles. The maximum Gasteiger partial charge on any atom is 0.140 e. The van der Waals surface area contributed by atoms with Crippen molar-refractivity contribution in [3.8, 4) is 11.5 Å². The van der Waals surface area contributed by atoms with Gasteiger partial charge in [0.15, 0.2) is 0 Å². The highest BCUT2D eigenvalue weighted by Gasteiger charge is 2.08. The average Bonchev–Trinajstić information content (AvgIpc) is 2.50. The highest BCUT2D eigenvalue weighted by atomic mass is 79.9. The van der Waals surface area contributed by atoms with Crippen LogP contribution in [0.25, 0.3) is 0 Å². The van der Waals surface area contributed by atoms with Gasteiger partial charge in [0, 0.05) is 15.4 Å². The lowest BCUT2D eigenvalue weighted by atomic mass is 10.0. The molecule has 0 radical (unpaired) electrons. The molecule has 2 aromatic carbocycles. The fourth-order valence-corrected chi connectivity index (χ4v) is 3.06. The summed E-state index contributed by atoms with van der Waals surface area (Å²) in [6, 6.07) is 14.3. The largest absolute Gasteiger partial charge is 0.456 e. The van der Waals surface area contributed by atoms with Crippen LogP contribution in [0.1, 0.15) is 18.9 Å². The van der Waals surface area contributed by atoms with Crippen LogP contribution in [0.2, 0.25) is 0 Å². The topological polar surface area (TPSA) is 35.2 Å². The Labute approximate surface area is 139 Å². The molecule has 2 rings (SSSR count). The molecule has 0 aliphatic heterocycles. The van der Waals surface area contributed by atoms with Gasteiger partial charge in [0.2, 0.25) is 0 Å². The van der Waals surface area contributed by atoms with E-state index in [2.05, 4.69) is 35.0 Å². The second kappa shape index (κ2) is 7.87. The van der Waals surface area contributed by atoms with Gasteiger partial charge in [-0.3, -0.25) is 0 Å². The molecule has 0 aliphatic rings. The molecular formula is C17H20BrNOS. The standard InChI is InChI=1S/C17H20BrNOS/c1-3-13(19)10-12-8-9-14(11-15(12)18)20-16-6-4-5-7-17(16)21-2/h4-9,11,13H,3,10,19H2,1-2H3. The van der Waals surface area contributed by atoms with Gasteiger partial charge in [-0.2, -0.15) is 0 Å². The third kappa shape index (κ3) is 4.50. The fourth-order valence-electron chi connectivity index (χ4n) is 2.01. The minimum absolute atomic E-state index is 0.199. The van der Waals surface area contributed by atoms with Crippen molar-refractivity contribution in [3.05, 3.63) is 52.5 Å². The molecule has 0 aromatic heterocycles. The van der Waals surface area contributed by atoms with E-state index in [1.54, 1.807) is 11.8 Å². The van der Waals surface area contributed by atoms with Crippen LogP contribution in [0.15, 0.2) is 51.8 Å². The molecular weight excluding hydrogens is 346 g/mol. The van der Waals surface area contributed by atoms with Crippen LogP contribution >= 0.6 is 27.7 Å². The van der Waals surface area contributed by atoms with Crippen LogP contribution in [-0.2, 0) is 6.42 Å². The number of benzene rings is 2. The summed E-state index contributed by atoms with van der Waals surface area (Å²) in [5.41, 5.74) is 7.24. The van der Waals surface area contributed by atoms with E-state index in [0.717, 1.165) is 33.7 Å². The lowest BCUT2D eigenvalue weighted by Gasteiger charge is -2.13. The van der Waals surface area contributed by atoms with Crippen molar-refractivity contribution in [2.24, 2.45) is 5.73 Å². The van der Waals surface area contributed by atoms with Crippen LogP contribution in [0, 0.1) is 0 Å². The van der Waals surface area contributed by atoms with Gasteiger partial charge in [0.05, 0.1) is 0 Å². The number of hydrogen-bond donors (Lipinski definition) is 1. The van der Waals surface area contributed by atoms with Gasteiger partial charge >= 0.3 is 0 Å². The molecule has 0 spiro atoms. The molecule has 112 valence electrons. The Bertz CT molecular complexity index is 603. The number of thioether (sulfide) groups is 1. The molecule has 21 heavy (non-hydrogen) atoms. The monoisotopic (exact) mass is 365 g/mol. The van der Waals surface area contributed by atoms with Gasteiger partial charge in [-0.1, -0.05) is 41.1 Å². The number of para-hydroxylation sites is 1. The lowest BCUT2D eigenvalue weighted by Crippen LogP contribution is -2.21. The molecule has 2 aromatic rings. The van der Waals surface area contributed by atoms with Gasteiger partial charge in [0.25, 0.3) is 0 Å². The average molecular weight is 366 g/mol. The van der Waals surface area contributed by atoms with Crippen molar-refractivity contribution in [1.29, 1.82) is 0 Å². The van der Waals surface area contributed by atoms with Crippen LogP contribution < -0.4 is 10.5 Å². The van der Waals surface area contributed by atoms with Crippen molar-refractivity contribution in [2.75, 3.05) is 6.26 Å². The van der Waals surface area contributed by atoms with Crippen LogP contribution in [0.3, 0.4) is 0 Å². The Balaban J connectivity index is 2.16. The van der Waals surface area contributed by atoms with Gasteiger partial charge in [-0.25, -0.2) is 0 Å². The van der Waals surface area contributed by atoms with Crippen molar-refractivity contribution in [3.63, 3.8) is 0 Å². The summed E-state index contributed by atoms with van der Waals surface area (Å²) >= 11 is 5.29. The molecule has 0 heterocycles. The minimum atomic E-state index is 0.199. The number of nitrogens with two attached hydrogens (primary N) is 1. The maximum atomic E-state index is 6.02. The summed E-state index contributed by atoms with van der Waals surface area (Å²) in [6.07, 6.45) is 3.90. The van der Waals surface area contributed by atoms with Crippen molar-refractivity contribution in [1.82, 2.24) is 0 Å². The van der Waals surface area contributed by atoms with E-state index >= 15 is 0 Å². The molecule has 1 unspecified atom stereocenters. The Morgan fingerprint density at radius 2 is 2.00 bits per heavy atom. The SMILES string of the molecule is CCC(N)Cc1ccc(Oc2ccccc2SC)cc1Br. The first-order chi connectivity index (χ1) is 10.1. The highest BCUT2D eigenvalue weighted by Crippen LogP contribution is 2.33. The van der Waals surface area contributed by atoms with Gasteiger partial charge in [0.1, 0.15) is 11.5 Å². The number of rotatable bonds is 6. The molecule has 1 atom stereocenters. The van der Waals surface area contributed by atoms with Crippen molar-refractivity contribution >= 4 is 27.7 Å². The predicted molar refractivity (Wildman–Crippen MR) is 94.4 cm³/mol. The van der Waals surface area contributed by atoms with E-state index in [4.69, 9.17) is 10.5 Å². The van der Waals surface area contributed by atoms with Crippen LogP contribution in [0.4, 0.5) is 0 Å². The summed E-state index contributed by atoms with van der Waals surface area (Å²) in [7, 11) is 0. The van der Waals surface area contributed by atoms with E-state index in [0.29, 0.717) is 0 Å². The quantitative estimate of drug-likeness (QED) is 0.710. The minimum Gasteiger partial charge on any atom is -0.456 e. The zero-order chi connectivity index (χ0) is 15.2. The van der Waals surface area contributed by atoms with E-state index in [1.807, 2.05) is 36.6 Å². The van der Waals surface area contributed by atoms with E-state index < -0.39 is 0 Å². The Morgan fingerprint density at radius 3 is 2.67 bits per heavy atom. The zero-order valence-electron chi connectivity index (χ0n) is 12.3. The van der Waals surface area contributed by atoms with Crippen LogP contribution in [0.5, 0.6) is 11.5 Å². The maximum absolute atomic E-state index is 6.02. The first-order valence-electron chi connectivity index (χ1n) is 6.99. The third-order valence-electron chi connectivity index (χ3n) is 3.33. The normalized spacial score (nSPS) is 12.2. The summed E-state index contributed by atoms with van der Waals surface area (Å²) in [6.45, 7) is 2.11. The summed E-state index contributed by atoms with van der Waals surface area (Å²) < 4.78 is 7.03. The van der Waals surface area contributed by atoms with Gasteiger partial charge in [-0.15, -0.1) is 11.8 Å². The van der Waals surface area contributed by atoms with Gasteiger partial charge in [-0.05, 0) is 48.9 Å². The molecule has 0 fully saturated rings. The second-order valence-corrected chi connectivity index (χ2v) is 6.58. The third-order valence-corrected chi connectivity index (χ3v) is 4.84. The predicted octanol–water partition coefficient (Wildman–Crippen LogP) is 5.24. The Kier molecular flexibility index (Phi) is 6.15. The molecule has 0 saturated carbocycles. The highest BCUT2D eigenvalue weighted by molar-refractivity contribution is 9.10. The number of ether oxygens (including phenoxy) is 1. The smallest absolute Gasteiger partial charge is 0.140 e. The first kappa shape index (κ1) is 16.4. The summed E-state index contributed by atoms with van der Waals surface area (Å²) in [5.74, 6) is 1.71. The van der Waals surface area contributed by atoms with Crippen molar-refractivity contribution in [2.45, 2.75) is 30.7 Å². The Morgan fingerprint density at radius 1 is 1.24 bits per heavy atom. The van der Waals surface area contributed by atoms with E-state index in [9.17, 15) is 0 Å². The molecule has 2 N–H and O–H groups in total. The summed E-state index contributed by atoms with van der Waals surface area (Å²) in [4.78, 5) is 1.13. The lowest BCUT2D eigenvalue weighted by molar-refractivity contribution is 0.470. The molecule has 2 nitrogen and oxygen atoms in total. The molecule has 0 amide bonds. The Hall–Kier alpha value is -0.970. The number of hydrogen-bond acceptors (Lipinski definition) is 3. The summed E-state index contributed by atoms with van der Waals surface area (Å²) in [5, 5.41) is 0. The van der Waals surface area contributed by atoms with E-state index in [1.165, 1.54) is 5.56 Å². The zero-order valence-corrected chi connectivity index (χ0v) is 14.7. The number of halogens is 1. The fraction of sp³-hybridized carbons (Fsp3) is 0.294. The van der Waals surface area contributed by atoms with E-state index in [-0.39, 0.29) is 6.04 Å². The first-order valence-corrected chi connectivity index (χ1v) is 9.00. The van der Waals surface area contributed by atoms with Crippen molar-refractivity contribution < 1.29 is 4.74 Å².